The Kier molecular flexibility index (Phi) is 3.38. The second kappa shape index (κ2) is 4.97. The van der Waals surface area contributed by atoms with E-state index in [4.69, 9.17) is 11.6 Å². The number of hydrogen-bond donors (Lipinski definition) is 0. The van der Waals surface area contributed by atoms with Gasteiger partial charge in [-0.05, 0) is 23.8 Å². The SMILES string of the molecule is O=C1ON=C(CCl)/C1=C\c1ccc([N+](=O)[O-])cc1. The van der Waals surface area contributed by atoms with E-state index in [2.05, 4.69) is 9.99 Å². The first-order chi connectivity index (χ1) is 8.61. The van der Waals surface area contributed by atoms with Crippen molar-refractivity contribution >= 4 is 35.0 Å². The van der Waals surface area contributed by atoms with Gasteiger partial charge in [-0.25, -0.2) is 4.79 Å². The van der Waals surface area contributed by atoms with Crippen LogP contribution in [0.25, 0.3) is 6.08 Å². The van der Waals surface area contributed by atoms with Crippen molar-refractivity contribution in [2.75, 3.05) is 5.88 Å². The number of oxime groups is 1. The van der Waals surface area contributed by atoms with Gasteiger partial charge >= 0.3 is 5.97 Å². The monoisotopic (exact) mass is 266 g/mol. The van der Waals surface area contributed by atoms with Crippen LogP contribution in [0.2, 0.25) is 0 Å². The molecule has 1 aliphatic heterocycles. The van der Waals surface area contributed by atoms with Crippen LogP contribution in [0, 0.1) is 10.1 Å². The van der Waals surface area contributed by atoms with Gasteiger partial charge in [0.1, 0.15) is 5.71 Å². The van der Waals surface area contributed by atoms with Crippen molar-refractivity contribution in [2.45, 2.75) is 0 Å². The molecule has 1 aliphatic rings. The molecule has 7 heteroatoms. The van der Waals surface area contributed by atoms with Crippen LogP contribution in [0.15, 0.2) is 35.0 Å². The van der Waals surface area contributed by atoms with Crippen LogP contribution in [0.5, 0.6) is 0 Å². The fraction of sp³-hybridized carbons (Fsp3) is 0.0909. The van der Waals surface area contributed by atoms with E-state index < -0.39 is 10.9 Å². The number of non-ortho nitro benzene ring substituents is 1. The topological polar surface area (TPSA) is 81.8 Å². The molecule has 0 aromatic heterocycles. The van der Waals surface area contributed by atoms with Crippen LogP contribution in [-0.4, -0.2) is 22.5 Å². The fourth-order valence-corrected chi connectivity index (χ4v) is 1.60. The van der Waals surface area contributed by atoms with Gasteiger partial charge in [-0.2, -0.15) is 0 Å². The summed E-state index contributed by atoms with van der Waals surface area (Å²) in [6.45, 7) is 0. The summed E-state index contributed by atoms with van der Waals surface area (Å²) in [4.78, 5) is 25.8. The number of nitrogens with zero attached hydrogens (tertiary/aromatic N) is 2. The number of rotatable bonds is 3. The molecule has 0 saturated heterocycles. The third kappa shape index (κ3) is 2.38. The highest BCUT2D eigenvalue weighted by Gasteiger charge is 2.24. The van der Waals surface area contributed by atoms with E-state index in [0.717, 1.165) is 0 Å². The quantitative estimate of drug-likeness (QED) is 0.276. The van der Waals surface area contributed by atoms with E-state index in [0.29, 0.717) is 11.3 Å². The standard InChI is InChI=1S/C11H7ClN2O4/c12-6-10-9(11(15)18-13-10)5-7-1-3-8(4-2-7)14(16)17/h1-5H,6H2/b9-5+. The lowest BCUT2D eigenvalue weighted by molar-refractivity contribution is -0.384. The normalized spacial score (nSPS) is 16.6. The summed E-state index contributed by atoms with van der Waals surface area (Å²) >= 11 is 5.61. The highest BCUT2D eigenvalue weighted by Crippen LogP contribution is 2.18. The van der Waals surface area contributed by atoms with Gasteiger partial charge in [0.25, 0.3) is 5.69 Å². The molecule has 0 N–H and O–H groups in total. The Morgan fingerprint density at radius 1 is 1.39 bits per heavy atom. The van der Waals surface area contributed by atoms with Gasteiger partial charge < -0.3 is 4.84 Å². The maximum absolute atomic E-state index is 11.4. The summed E-state index contributed by atoms with van der Waals surface area (Å²) in [6, 6.07) is 5.76. The van der Waals surface area contributed by atoms with Crippen molar-refractivity contribution in [3.63, 3.8) is 0 Å². The van der Waals surface area contributed by atoms with E-state index in [9.17, 15) is 14.9 Å². The number of carbonyl (C=O) groups excluding carboxylic acids is 1. The molecule has 0 spiro atoms. The predicted molar refractivity (Wildman–Crippen MR) is 65.3 cm³/mol. The minimum atomic E-state index is -0.580. The van der Waals surface area contributed by atoms with Crippen LogP contribution in [0.4, 0.5) is 5.69 Å². The average Bonchev–Trinajstić information content (AvgIpc) is 2.71. The van der Waals surface area contributed by atoms with Crippen LogP contribution in [-0.2, 0) is 9.63 Å². The molecular weight excluding hydrogens is 260 g/mol. The van der Waals surface area contributed by atoms with Gasteiger partial charge in [0.05, 0.1) is 16.4 Å². The van der Waals surface area contributed by atoms with Crippen LogP contribution >= 0.6 is 11.6 Å². The van der Waals surface area contributed by atoms with Crippen LogP contribution in [0.3, 0.4) is 0 Å². The van der Waals surface area contributed by atoms with Gasteiger partial charge in [-0.3, -0.25) is 10.1 Å². The van der Waals surface area contributed by atoms with Crippen LogP contribution < -0.4 is 0 Å². The summed E-state index contributed by atoms with van der Waals surface area (Å²) in [5.41, 5.74) is 1.23. The third-order valence-corrected chi connectivity index (χ3v) is 2.56. The number of nitro groups is 1. The summed E-state index contributed by atoms with van der Waals surface area (Å²) in [5, 5.41) is 14.0. The van der Waals surface area contributed by atoms with Gasteiger partial charge in [0, 0.05) is 12.1 Å². The van der Waals surface area contributed by atoms with Gasteiger partial charge in [0.15, 0.2) is 0 Å². The number of halogens is 1. The second-order valence-electron chi connectivity index (χ2n) is 3.46. The average molecular weight is 267 g/mol. The summed E-state index contributed by atoms with van der Waals surface area (Å²) in [5.74, 6) is -0.520. The first-order valence-corrected chi connectivity index (χ1v) is 5.46. The fourth-order valence-electron chi connectivity index (χ4n) is 1.41. The number of alkyl halides is 1. The van der Waals surface area contributed by atoms with E-state index in [1.165, 1.54) is 30.3 Å². The van der Waals surface area contributed by atoms with Crippen molar-refractivity contribution in [2.24, 2.45) is 5.16 Å². The molecule has 0 fully saturated rings. The van der Waals surface area contributed by atoms with Gasteiger partial charge in [0.2, 0.25) is 0 Å². The molecule has 0 aliphatic carbocycles. The highest BCUT2D eigenvalue weighted by molar-refractivity contribution is 6.38. The van der Waals surface area contributed by atoms with Crippen LogP contribution in [0.1, 0.15) is 5.56 Å². The lowest BCUT2D eigenvalue weighted by atomic mass is 10.1. The smallest absolute Gasteiger partial charge is 0.312 e. The molecule has 92 valence electrons. The molecule has 0 atom stereocenters. The molecule has 0 radical (unpaired) electrons. The summed E-state index contributed by atoms with van der Waals surface area (Å²) in [7, 11) is 0. The van der Waals surface area contributed by atoms with Crippen molar-refractivity contribution < 1.29 is 14.6 Å². The van der Waals surface area contributed by atoms with Gasteiger partial charge in [-0.1, -0.05) is 5.16 Å². The lowest BCUT2D eigenvalue weighted by Gasteiger charge is -1.96. The zero-order valence-corrected chi connectivity index (χ0v) is 9.76. The molecule has 6 nitrogen and oxygen atoms in total. The molecule has 1 heterocycles. The van der Waals surface area contributed by atoms with Crippen molar-refractivity contribution in [3.8, 4) is 0 Å². The third-order valence-electron chi connectivity index (χ3n) is 2.31. The number of hydrogen-bond acceptors (Lipinski definition) is 5. The Morgan fingerprint density at radius 3 is 2.61 bits per heavy atom. The van der Waals surface area contributed by atoms with Crippen molar-refractivity contribution in [3.05, 3.63) is 45.5 Å². The Labute approximate surface area is 107 Å². The number of benzene rings is 1. The molecule has 2 rings (SSSR count). The van der Waals surface area contributed by atoms with Gasteiger partial charge in [-0.15, -0.1) is 11.6 Å². The minimum Gasteiger partial charge on any atom is -0.312 e. The summed E-state index contributed by atoms with van der Waals surface area (Å²) < 4.78 is 0. The minimum absolute atomic E-state index is 0.0163. The Bertz CT molecular complexity index is 563. The first-order valence-electron chi connectivity index (χ1n) is 4.92. The predicted octanol–water partition coefficient (Wildman–Crippen LogP) is 2.13. The lowest BCUT2D eigenvalue weighted by Crippen LogP contribution is -2.06. The molecular formula is C11H7ClN2O4. The molecule has 1 aromatic rings. The first kappa shape index (κ1) is 12.3. The second-order valence-corrected chi connectivity index (χ2v) is 3.72. The highest BCUT2D eigenvalue weighted by atomic mass is 35.5. The van der Waals surface area contributed by atoms with E-state index in [1.54, 1.807) is 0 Å². The molecule has 1 aromatic carbocycles. The molecule has 0 unspecified atom stereocenters. The molecule has 0 saturated carbocycles. The van der Waals surface area contributed by atoms with Crippen molar-refractivity contribution in [1.29, 1.82) is 0 Å². The van der Waals surface area contributed by atoms with Crippen molar-refractivity contribution in [1.82, 2.24) is 0 Å². The Morgan fingerprint density at radius 2 is 2.06 bits per heavy atom. The molecule has 0 bridgehead atoms. The maximum Gasteiger partial charge on any atom is 0.367 e. The molecule has 18 heavy (non-hydrogen) atoms. The molecule has 0 amide bonds. The largest absolute Gasteiger partial charge is 0.367 e. The Balaban J connectivity index is 2.30. The number of nitro benzene ring substituents is 1. The van der Waals surface area contributed by atoms with E-state index >= 15 is 0 Å². The number of carbonyl (C=O) groups is 1. The Hall–Kier alpha value is -2.21. The zero-order chi connectivity index (χ0) is 13.1. The maximum atomic E-state index is 11.4. The van der Waals surface area contributed by atoms with E-state index in [-0.39, 0.29) is 17.1 Å². The summed E-state index contributed by atoms with van der Waals surface area (Å²) in [6.07, 6.45) is 1.53. The van der Waals surface area contributed by atoms with E-state index in [1.807, 2.05) is 0 Å². The zero-order valence-electron chi connectivity index (χ0n) is 9.00.